The Hall–Kier alpha value is -2.86. The van der Waals surface area contributed by atoms with Crippen LogP contribution in [0.15, 0.2) is 35.4 Å². The van der Waals surface area contributed by atoms with E-state index in [-0.39, 0.29) is 17.6 Å². The van der Waals surface area contributed by atoms with Gasteiger partial charge in [-0.15, -0.1) is 0 Å². The largest absolute Gasteiger partial charge is 0.493 e. The van der Waals surface area contributed by atoms with Gasteiger partial charge in [0, 0.05) is 5.56 Å². The number of halogens is 1. The smallest absolute Gasteiger partial charge is 0.231 e. The molecule has 2 aromatic carbocycles. The lowest BCUT2D eigenvalue weighted by molar-refractivity contribution is 0.104. The first-order chi connectivity index (χ1) is 12.5. The van der Waals surface area contributed by atoms with Gasteiger partial charge in [0.2, 0.25) is 18.3 Å². The summed E-state index contributed by atoms with van der Waals surface area (Å²) in [6, 6.07) is 8.27. The summed E-state index contributed by atoms with van der Waals surface area (Å²) in [6.07, 6.45) is 1.54. The molecule has 3 rings (SSSR count). The van der Waals surface area contributed by atoms with E-state index in [1.165, 1.54) is 7.11 Å². The number of anilines is 1. The van der Waals surface area contributed by atoms with E-state index in [0.29, 0.717) is 46.4 Å². The number of carbonyl (C=O) groups is 1. The summed E-state index contributed by atoms with van der Waals surface area (Å²) >= 11 is 6.23. The number of benzene rings is 2. The second-order valence-corrected chi connectivity index (χ2v) is 5.87. The molecule has 26 heavy (non-hydrogen) atoms. The number of hydrogen-bond acceptors (Lipinski definition) is 6. The normalized spacial score (nSPS) is 12.8. The summed E-state index contributed by atoms with van der Waals surface area (Å²) in [5.41, 5.74) is 7.32. The molecule has 0 bridgehead atoms. The Labute approximate surface area is 156 Å². The predicted octanol–water partition coefficient (Wildman–Crippen LogP) is 3.87. The molecule has 136 valence electrons. The van der Waals surface area contributed by atoms with Crippen LogP contribution in [-0.2, 0) is 0 Å². The first-order valence-corrected chi connectivity index (χ1v) is 8.33. The molecular formula is C19H18ClNO5. The maximum Gasteiger partial charge on any atom is 0.231 e. The third-order valence-electron chi connectivity index (χ3n) is 3.76. The Bertz CT molecular complexity index is 878. The molecule has 0 spiro atoms. The Morgan fingerprint density at radius 3 is 2.77 bits per heavy atom. The van der Waals surface area contributed by atoms with Gasteiger partial charge in [-0.05, 0) is 48.9 Å². The fraction of sp³-hybridized carbons (Fsp3) is 0.211. The van der Waals surface area contributed by atoms with E-state index in [2.05, 4.69) is 0 Å². The lowest BCUT2D eigenvalue weighted by Crippen LogP contribution is -2.02. The molecule has 2 N–H and O–H groups in total. The fourth-order valence-electron chi connectivity index (χ4n) is 2.56. The molecule has 0 saturated heterocycles. The maximum absolute atomic E-state index is 12.6. The number of nitrogen functional groups attached to an aromatic ring is 1. The first kappa shape index (κ1) is 17.9. The van der Waals surface area contributed by atoms with Crippen molar-refractivity contribution in [3.63, 3.8) is 0 Å². The van der Waals surface area contributed by atoms with Crippen molar-refractivity contribution in [2.24, 2.45) is 0 Å². The highest BCUT2D eigenvalue weighted by atomic mass is 35.5. The van der Waals surface area contributed by atoms with Crippen LogP contribution in [0.25, 0.3) is 6.08 Å². The predicted molar refractivity (Wildman–Crippen MR) is 99.3 cm³/mol. The average molecular weight is 376 g/mol. The third-order valence-corrected chi connectivity index (χ3v) is 4.04. The van der Waals surface area contributed by atoms with Crippen LogP contribution in [0.2, 0.25) is 0 Å². The zero-order valence-electron chi connectivity index (χ0n) is 14.4. The third kappa shape index (κ3) is 3.55. The highest BCUT2D eigenvalue weighted by Crippen LogP contribution is 2.42. The fourth-order valence-corrected chi connectivity index (χ4v) is 2.79. The number of rotatable bonds is 6. The number of Topliss-reactive ketones (excluding diaryl/α,β-unsaturated/α-hetero) is 1. The second-order valence-electron chi connectivity index (χ2n) is 5.46. The van der Waals surface area contributed by atoms with Crippen LogP contribution < -0.4 is 24.7 Å². The van der Waals surface area contributed by atoms with E-state index in [0.717, 1.165) is 0 Å². The summed E-state index contributed by atoms with van der Waals surface area (Å²) < 4.78 is 21.4. The second kappa shape index (κ2) is 7.58. The number of methoxy groups -OCH3 is 1. The van der Waals surface area contributed by atoms with Crippen LogP contribution in [-0.4, -0.2) is 26.3 Å². The quantitative estimate of drug-likeness (QED) is 0.469. The molecule has 6 nitrogen and oxygen atoms in total. The molecule has 0 saturated carbocycles. The van der Waals surface area contributed by atoms with Crippen LogP contribution in [0.1, 0.15) is 22.8 Å². The Kier molecular flexibility index (Phi) is 5.23. The average Bonchev–Trinajstić information content (AvgIpc) is 3.10. The number of ether oxygens (including phenoxy) is 4. The van der Waals surface area contributed by atoms with Gasteiger partial charge >= 0.3 is 0 Å². The van der Waals surface area contributed by atoms with Crippen molar-refractivity contribution >= 4 is 29.1 Å². The lowest BCUT2D eigenvalue weighted by Gasteiger charge is -2.08. The summed E-state index contributed by atoms with van der Waals surface area (Å²) in [5.74, 6) is 1.76. The number of fused-ring (bicyclic) bond motifs is 1. The van der Waals surface area contributed by atoms with Crippen molar-refractivity contribution in [2.75, 3.05) is 26.2 Å². The minimum Gasteiger partial charge on any atom is -0.493 e. The maximum atomic E-state index is 12.6. The van der Waals surface area contributed by atoms with E-state index in [1.807, 2.05) is 6.92 Å². The molecule has 0 radical (unpaired) electrons. The molecule has 0 atom stereocenters. The van der Waals surface area contributed by atoms with Crippen molar-refractivity contribution < 1.29 is 23.7 Å². The number of carbonyl (C=O) groups excluding carboxylic acids is 1. The van der Waals surface area contributed by atoms with E-state index in [4.69, 9.17) is 36.3 Å². The summed E-state index contributed by atoms with van der Waals surface area (Å²) in [7, 11) is 1.53. The molecule has 0 unspecified atom stereocenters. The number of ketones is 1. The van der Waals surface area contributed by atoms with E-state index >= 15 is 0 Å². The molecule has 1 heterocycles. The summed E-state index contributed by atoms with van der Waals surface area (Å²) in [5, 5.41) is 0.0366. The van der Waals surface area contributed by atoms with Gasteiger partial charge < -0.3 is 24.7 Å². The van der Waals surface area contributed by atoms with Crippen LogP contribution in [0.3, 0.4) is 0 Å². The van der Waals surface area contributed by atoms with Crippen LogP contribution in [0.4, 0.5) is 5.69 Å². The first-order valence-electron chi connectivity index (χ1n) is 7.95. The monoisotopic (exact) mass is 375 g/mol. The van der Waals surface area contributed by atoms with E-state index < -0.39 is 0 Å². The zero-order chi connectivity index (χ0) is 18.7. The lowest BCUT2D eigenvalue weighted by atomic mass is 10.1. The van der Waals surface area contributed by atoms with Gasteiger partial charge in [-0.1, -0.05) is 11.6 Å². The molecule has 0 aromatic heterocycles. The van der Waals surface area contributed by atoms with Gasteiger partial charge in [0.05, 0.1) is 24.4 Å². The Morgan fingerprint density at radius 1 is 1.27 bits per heavy atom. The van der Waals surface area contributed by atoms with Gasteiger partial charge in [0.1, 0.15) is 5.75 Å². The standard InChI is InChI=1S/C19H18ClNO5/c1-3-24-15-5-4-12(9-14(15)21)18(22)13(20)6-11-7-16(23-2)19-17(8-11)25-10-26-19/h4-9H,3,10,21H2,1-2H3. The number of allylic oxidation sites excluding steroid dienone is 1. The number of nitrogens with two attached hydrogens (primary N) is 1. The minimum atomic E-state index is -0.349. The van der Waals surface area contributed by atoms with Crippen LogP contribution in [0, 0.1) is 0 Å². The molecule has 0 aliphatic carbocycles. The van der Waals surface area contributed by atoms with E-state index in [1.54, 1.807) is 36.4 Å². The van der Waals surface area contributed by atoms with Gasteiger partial charge in [0.25, 0.3) is 0 Å². The SMILES string of the molecule is CCOc1ccc(C(=O)C(Cl)=Cc2cc(OC)c3c(c2)OCO3)cc1N. The zero-order valence-corrected chi connectivity index (χ0v) is 15.1. The van der Waals surface area contributed by atoms with Crippen molar-refractivity contribution in [2.45, 2.75) is 6.92 Å². The van der Waals surface area contributed by atoms with Gasteiger partial charge in [0.15, 0.2) is 11.5 Å². The molecule has 0 fully saturated rings. The molecule has 0 amide bonds. The van der Waals surface area contributed by atoms with Crippen molar-refractivity contribution in [3.8, 4) is 23.0 Å². The van der Waals surface area contributed by atoms with E-state index in [9.17, 15) is 4.79 Å². The Balaban J connectivity index is 1.88. The highest BCUT2D eigenvalue weighted by Gasteiger charge is 2.20. The van der Waals surface area contributed by atoms with Crippen LogP contribution in [0.5, 0.6) is 23.0 Å². The molecule has 1 aliphatic rings. The number of hydrogen-bond donors (Lipinski definition) is 1. The van der Waals surface area contributed by atoms with Gasteiger partial charge in [-0.25, -0.2) is 0 Å². The molecular weight excluding hydrogens is 358 g/mol. The minimum absolute atomic E-state index is 0.0366. The topological polar surface area (TPSA) is 80.0 Å². The molecule has 7 heteroatoms. The van der Waals surface area contributed by atoms with Gasteiger partial charge in [-0.2, -0.15) is 0 Å². The van der Waals surface area contributed by atoms with Crippen molar-refractivity contribution in [1.29, 1.82) is 0 Å². The van der Waals surface area contributed by atoms with Gasteiger partial charge in [-0.3, -0.25) is 4.79 Å². The van der Waals surface area contributed by atoms with Crippen molar-refractivity contribution in [1.82, 2.24) is 0 Å². The highest BCUT2D eigenvalue weighted by molar-refractivity contribution is 6.47. The molecule has 1 aliphatic heterocycles. The molecule has 2 aromatic rings. The Morgan fingerprint density at radius 2 is 2.08 bits per heavy atom. The van der Waals surface area contributed by atoms with Crippen LogP contribution >= 0.6 is 11.6 Å². The van der Waals surface area contributed by atoms with Crippen molar-refractivity contribution in [3.05, 3.63) is 46.5 Å². The summed E-state index contributed by atoms with van der Waals surface area (Å²) in [4.78, 5) is 12.6. The summed E-state index contributed by atoms with van der Waals surface area (Å²) in [6.45, 7) is 2.47.